The number of halogens is 1. The first-order chi connectivity index (χ1) is 6.77. The van der Waals surface area contributed by atoms with Crippen LogP contribution < -0.4 is 5.73 Å². The van der Waals surface area contributed by atoms with E-state index < -0.39 is 0 Å². The third-order valence-corrected chi connectivity index (χ3v) is 1.86. The average molecular weight is 226 g/mol. The van der Waals surface area contributed by atoms with E-state index in [-0.39, 0.29) is 18.4 Å². The number of benzene rings is 1. The van der Waals surface area contributed by atoms with Gasteiger partial charge in [-0.3, -0.25) is 0 Å². The lowest BCUT2D eigenvalue weighted by Gasteiger charge is -1.93. The molecule has 1 atom stereocenters. The second-order valence-electron chi connectivity index (χ2n) is 3.11. The van der Waals surface area contributed by atoms with E-state index >= 15 is 0 Å². The van der Waals surface area contributed by atoms with Gasteiger partial charge in [-0.2, -0.15) is 4.98 Å². The van der Waals surface area contributed by atoms with Crippen LogP contribution in [0.25, 0.3) is 11.4 Å². The predicted octanol–water partition coefficient (Wildman–Crippen LogP) is 2.18. The number of hydrogen-bond acceptors (Lipinski definition) is 4. The Balaban J connectivity index is 0.00000112. The van der Waals surface area contributed by atoms with E-state index in [4.69, 9.17) is 10.3 Å². The van der Waals surface area contributed by atoms with Crippen LogP contribution in [-0.4, -0.2) is 10.1 Å². The van der Waals surface area contributed by atoms with Crippen molar-refractivity contribution in [2.45, 2.75) is 13.0 Å². The summed E-state index contributed by atoms with van der Waals surface area (Å²) in [5.41, 5.74) is 6.54. The van der Waals surface area contributed by atoms with Crippen molar-refractivity contribution < 1.29 is 4.52 Å². The van der Waals surface area contributed by atoms with E-state index in [0.717, 1.165) is 5.56 Å². The van der Waals surface area contributed by atoms with Crippen molar-refractivity contribution in [1.29, 1.82) is 0 Å². The molecule has 0 fully saturated rings. The smallest absolute Gasteiger partial charge is 0.243 e. The molecule has 0 spiro atoms. The van der Waals surface area contributed by atoms with Crippen LogP contribution >= 0.6 is 12.4 Å². The topological polar surface area (TPSA) is 64.9 Å². The molecule has 0 saturated heterocycles. The highest BCUT2D eigenvalue weighted by Crippen LogP contribution is 2.16. The maximum Gasteiger partial charge on any atom is 0.243 e. The first kappa shape index (κ1) is 11.7. The Labute approximate surface area is 93.9 Å². The lowest BCUT2D eigenvalue weighted by Crippen LogP contribution is -2.04. The zero-order valence-electron chi connectivity index (χ0n) is 8.25. The van der Waals surface area contributed by atoms with Crippen LogP contribution in [0.4, 0.5) is 0 Å². The fourth-order valence-electron chi connectivity index (χ4n) is 1.12. The average Bonchev–Trinajstić information content (AvgIpc) is 2.68. The first-order valence-corrected chi connectivity index (χ1v) is 4.42. The molecule has 2 aromatic rings. The molecular weight excluding hydrogens is 214 g/mol. The molecular formula is C10H12ClN3O. The maximum absolute atomic E-state index is 5.61. The van der Waals surface area contributed by atoms with Gasteiger partial charge in [0.05, 0.1) is 6.04 Å². The molecule has 1 aromatic heterocycles. The van der Waals surface area contributed by atoms with Gasteiger partial charge in [0.15, 0.2) is 0 Å². The molecule has 4 nitrogen and oxygen atoms in total. The van der Waals surface area contributed by atoms with E-state index in [1.165, 1.54) is 0 Å². The largest absolute Gasteiger partial charge is 0.337 e. The van der Waals surface area contributed by atoms with Gasteiger partial charge in [0.1, 0.15) is 0 Å². The molecule has 0 bridgehead atoms. The molecule has 80 valence electrons. The van der Waals surface area contributed by atoms with Gasteiger partial charge >= 0.3 is 0 Å². The molecule has 0 radical (unpaired) electrons. The lowest BCUT2D eigenvalue weighted by atomic mass is 10.2. The van der Waals surface area contributed by atoms with Gasteiger partial charge in [-0.05, 0) is 6.92 Å². The molecule has 0 aliphatic rings. The third-order valence-electron chi connectivity index (χ3n) is 1.86. The molecule has 5 heteroatoms. The Hall–Kier alpha value is -1.39. The molecule has 2 N–H and O–H groups in total. The molecule has 0 unspecified atom stereocenters. The van der Waals surface area contributed by atoms with Gasteiger partial charge in [-0.25, -0.2) is 0 Å². The number of hydrogen-bond donors (Lipinski definition) is 1. The first-order valence-electron chi connectivity index (χ1n) is 4.42. The lowest BCUT2D eigenvalue weighted by molar-refractivity contribution is 0.362. The highest BCUT2D eigenvalue weighted by molar-refractivity contribution is 5.85. The van der Waals surface area contributed by atoms with Crippen molar-refractivity contribution in [3.63, 3.8) is 0 Å². The highest BCUT2D eigenvalue weighted by Gasteiger charge is 2.10. The molecule has 15 heavy (non-hydrogen) atoms. The maximum atomic E-state index is 5.61. The summed E-state index contributed by atoms with van der Waals surface area (Å²) in [6, 6.07) is 9.43. The van der Waals surface area contributed by atoms with Crippen molar-refractivity contribution >= 4 is 12.4 Å². The van der Waals surface area contributed by atoms with Crippen LogP contribution in [0.15, 0.2) is 34.9 Å². The summed E-state index contributed by atoms with van der Waals surface area (Å²) in [5, 5.41) is 3.84. The van der Waals surface area contributed by atoms with E-state index in [9.17, 15) is 0 Å². The Kier molecular flexibility index (Phi) is 3.82. The highest BCUT2D eigenvalue weighted by atomic mass is 35.5. The quantitative estimate of drug-likeness (QED) is 0.851. The van der Waals surface area contributed by atoms with Crippen LogP contribution in [0.3, 0.4) is 0 Å². The van der Waals surface area contributed by atoms with Gasteiger partial charge in [-0.1, -0.05) is 35.5 Å². The Morgan fingerprint density at radius 3 is 2.47 bits per heavy atom. The third kappa shape index (κ3) is 2.55. The van der Waals surface area contributed by atoms with E-state index in [1.54, 1.807) is 0 Å². The van der Waals surface area contributed by atoms with Gasteiger partial charge in [-0.15, -0.1) is 12.4 Å². The standard InChI is InChI=1S/C10H11N3O.ClH/c1-7(11)10-12-9(13-14-10)8-5-3-2-4-6-8;/h2-7H,11H2,1H3;1H/t7-;/m1./s1. The number of aromatic nitrogens is 2. The van der Waals surface area contributed by atoms with Crippen molar-refractivity contribution in [2.75, 3.05) is 0 Å². The van der Waals surface area contributed by atoms with E-state index in [0.29, 0.717) is 11.7 Å². The summed E-state index contributed by atoms with van der Waals surface area (Å²) >= 11 is 0. The predicted molar refractivity (Wildman–Crippen MR) is 59.6 cm³/mol. The minimum Gasteiger partial charge on any atom is -0.337 e. The van der Waals surface area contributed by atoms with Crippen LogP contribution in [0.2, 0.25) is 0 Å². The summed E-state index contributed by atoms with van der Waals surface area (Å²) in [6.07, 6.45) is 0. The normalized spacial score (nSPS) is 11.9. The molecule has 0 saturated carbocycles. The Morgan fingerprint density at radius 1 is 1.27 bits per heavy atom. The van der Waals surface area contributed by atoms with Crippen LogP contribution in [-0.2, 0) is 0 Å². The summed E-state index contributed by atoms with van der Waals surface area (Å²) < 4.78 is 4.99. The molecule has 0 aliphatic carbocycles. The fraction of sp³-hybridized carbons (Fsp3) is 0.200. The van der Waals surface area contributed by atoms with Crippen LogP contribution in [0.1, 0.15) is 18.9 Å². The minimum absolute atomic E-state index is 0. The SMILES string of the molecule is C[C@@H](N)c1nc(-c2ccccc2)no1.Cl. The summed E-state index contributed by atoms with van der Waals surface area (Å²) in [4.78, 5) is 4.18. The van der Waals surface area contributed by atoms with Crippen molar-refractivity contribution in [1.82, 2.24) is 10.1 Å². The van der Waals surface area contributed by atoms with E-state index in [1.807, 2.05) is 37.3 Å². The molecule has 1 heterocycles. The zero-order chi connectivity index (χ0) is 9.97. The van der Waals surface area contributed by atoms with E-state index in [2.05, 4.69) is 10.1 Å². The van der Waals surface area contributed by atoms with Gasteiger partial charge in [0.2, 0.25) is 11.7 Å². The van der Waals surface area contributed by atoms with Gasteiger partial charge in [0, 0.05) is 5.56 Å². The second kappa shape index (κ2) is 4.91. The monoisotopic (exact) mass is 225 g/mol. The second-order valence-corrected chi connectivity index (χ2v) is 3.11. The molecule has 1 aromatic carbocycles. The minimum atomic E-state index is -0.222. The van der Waals surface area contributed by atoms with Crippen LogP contribution in [0, 0.1) is 0 Å². The number of rotatable bonds is 2. The van der Waals surface area contributed by atoms with Crippen molar-refractivity contribution in [3.8, 4) is 11.4 Å². The summed E-state index contributed by atoms with van der Waals surface area (Å²) in [7, 11) is 0. The fourth-order valence-corrected chi connectivity index (χ4v) is 1.12. The summed E-state index contributed by atoms with van der Waals surface area (Å²) in [6.45, 7) is 1.81. The Bertz CT molecular complexity index is 414. The van der Waals surface area contributed by atoms with Crippen LogP contribution in [0.5, 0.6) is 0 Å². The van der Waals surface area contributed by atoms with Gasteiger partial charge in [0.25, 0.3) is 0 Å². The van der Waals surface area contributed by atoms with Crippen molar-refractivity contribution in [3.05, 3.63) is 36.2 Å². The Morgan fingerprint density at radius 2 is 1.93 bits per heavy atom. The van der Waals surface area contributed by atoms with Crippen molar-refractivity contribution in [2.24, 2.45) is 5.73 Å². The summed E-state index contributed by atoms with van der Waals surface area (Å²) in [5.74, 6) is 1.04. The number of nitrogens with zero attached hydrogens (tertiary/aromatic N) is 2. The number of nitrogens with two attached hydrogens (primary N) is 1. The van der Waals surface area contributed by atoms with Gasteiger partial charge < -0.3 is 10.3 Å². The molecule has 0 amide bonds. The molecule has 2 rings (SSSR count). The molecule has 0 aliphatic heterocycles. The zero-order valence-corrected chi connectivity index (χ0v) is 9.07.